The number of anilines is 2. The highest BCUT2D eigenvalue weighted by Crippen LogP contribution is 2.41. The van der Waals surface area contributed by atoms with Gasteiger partial charge >= 0.3 is 0 Å². The second-order valence-electron chi connectivity index (χ2n) is 8.90. The van der Waals surface area contributed by atoms with Crippen LogP contribution in [0.2, 0.25) is 0 Å². The molecule has 2 aromatic carbocycles. The van der Waals surface area contributed by atoms with Crippen molar-refractivity contribution in [1.29, 1.82) is 0 Å². The number of aliphatic hydroxyl groups is 1. The van der Waals surface area contributed by atoms with E-state index in [1.165, 1.54) is 12.1 Å². The van der Waals surface area contributed by atoms with E-state index in [9.17, 15) is 23.6 Å². The van der Waals surface area contributed by atoms with Crippen LogP contribution in [0.1, 0.15) is 43.2 Å². The molecule has 0 aromatic heterocycles. The fourth-order valence-corrected chi connectivity index (χ4v) is 6.27. The van der Waals surface area contributed by atoms with E-state index < -0.39 is 21.1 Å². The number of nitro benzene ring substituents is 1. The molecule has 1 aliphatic heterocycles. The summed E-state index contributed by atoms with van der Waals surface area (Å²) in [5.41, 5.74) is 2.42. The predicted octanol–water partition coefficient (Wildman–Crippen LogP) is 4.14. The maximum absolute atomic E-state index is 13.0. The first-order valence-corrected chi connectivity index (χ1v) is 12.5. The van der Waals surface area contributed by atoms with Crippen LogP contribution in [0.4, 0.5) is 17.1 Å². The molecule has 1 aliphatic carbocycles. The van der Waals surface area contributed by atoms with E-state index >= 15 is 0 Å². The van der Waals surface area contributed by atoms with Gasteiger partial charge in [-0.1, -0.05) is 30.5 Å². The lowest BCUT2D eigenvalue weighted by Crippen LogP contribution is -2.52. The minimum atomic E-state index is -4.00. The highest BCUT2D eigenvalue weighted by atomic mass is 32.2. The molecule has 2 aliphatic rings. The van der Waals surface area contributed by atoms with Crippen LogP contribution >= 0.6 is 0 Å². The number of fused-ring (bicyclic) bond motifs is 1. The number of aliphatic hydroxyl groups excluding tert-OH is 1. The summed E-state index contributed by atoms with van der Waals surface area (Å²) in [7, 11) is -4.00. The molecule has 0 spiro atoms. The van der Waals surface area contributed by atoms with Gasteiger partial charge in [-0.3, -0.25) is 14.8 Å². The molecule has 1 saturated heterocycles. The third-order valence-electron chi connectivity index (χ3n) is 6.73. The van der Waals surface area contributed by atoms with Gasteiger partial charge in [0.15, 0.2) is 0 Å². The number of piperidine rings is 1. The number of nitrogens with zero attached hydrogens (tertiary/aromatic N) is 2. The van der Waals surface area contributed by atoms with Crippen LogP contribution in [0.15, 0.2) is 41.3 Å². The molecule has 0 amide bonds. The third-order valence-corrected chi connectivity index (χ3v) is 8.09. The molecule has 4 rings (SSSR count). The highest BCUT2D eigenvalue weighted by molar-refractivity contribution is 7.92. The Balaban J connectivity index is 1.68. The number of aryl methyl sites for hydroxylation is 2. The van der Waals surface area contributed by atoms with Crippen molar-refractivity contribution in [1.82, 2.24) is 0 Å². The first-order valence-electron chi connectivity index (χ1n) is 11.0. The molecule has 2 N–H and O–H groups in total. The van der Waals surface area contributed by atoms with Crippen molar-refractivity contribution in [2.24, 2.45) is 5.92 Å². The molecule has 9 heteroatoms. The van der Waals surface area contributed by atoms with Crippen LogP contribution in [0.25, 0.3) is 0 Å². The van der Waals surface area contributed by atoms with Gasteiger partial charge in [0.05, 0.1) is 21.6 Å². The van der Waals surface area contributed by atoms with Crippen LogP contribution < -0.4 is 9.62 Å². The van der Waals surface area contributed by atoms with Crippen molar-refractivity contribution >= 4 is 27.1 Å². The Morgan fingerprint density at radius 1 is 1.09 bits per heavy atom. The lowest BCUT2D eigenvalue weighted by atomic mass is 9.76. The lowest BCUT2D eigenvalue weighted by Gasteiger charge is -2.47. The molecule has 32 heavy (non-hydrogen) atoms. The quantitative estimate of drug-likeness (QED) is 0.513. The summed E-state index contributed by atoms with van der Waals surface area (Å²) < 4.78 is 28.5. The standard InChI is InChI=1S/C23H29N3O5S/c1-15-7-9-19(16(2)13-15)24-32(30,31)17-8-10-21(22(14-17)26(28)29)25-12-11-23(27)18-5-3-4-6-20(18)25/h7-10,13-14,18,20,23-24,27H,3-6,11-12H2,1-2H3. The summed E-state index contributed by atoms with van der Waals surface area (Å²) in [4.78, 5) is 13.3. The van der Waals surface area contributed by atoms with Crippen molar-refractivity contribution in [2.45, 2.75) is 63.0 Å². The van der Waals surface area contributed by atoms with E-state index in [1.807, 2.05) is 30.9 Å². The van der Waals surface area contributed by atoms with Crippen molar-refractivity contribution in [3.05, 3.63) is 57.6 Å². The van der Waals surface area contributed by atoms with Gasteiger partial charge in [0.25, 0.3) is 15.7 Å². The van der Waals surface area contributed by atoms with Gasteiger partial charge in [0, 0.05) is 24.6 Å². The molecule has 2 aromatic rings. The van der Waals surface area contributed by atoms with Crippen LogP contribution in [-0.2, 0) is 10.0 Å². The molecule has 0 radical (unpaired) electrons. The second kappa shape index (κ2) is 8.71. The summed E-state index contributed by atoms with van der Waals surface area (Å²) in [6.45, 7) is 4.24. The monoisotopic (exact) mass is 459 g/mol. The number of rotatable bonds is 5. The maximum atomic E-state index is 13.0. The first kappa shape index (κ1) is 22.5. The molecular formula is C23H29N3O5S. The Morgan fingerprint density at radius 3 is 2.56 bits per heavy atom. The van der Waals surface area contributed by atoms with Gasteiger partial charge < -0.3 is 10.0 Å². The Bertz CT molecular complexity index is 1130. The Kier molecular flexibility index (Phi) is 6.13. The summed E-state index contributed by atoms with van der Waals surface area (Å²) in [5, 5.41) is 22.4. The molecule has 1 saturated carbocycles. The summed E-state index contributed by atoms with van der Waals surface area (Å²) >= 11 is 0. The van der Waals surface area contributed by atoms with Crippen molar-refractivity contribution in [3.63, 3.8) is 0 Å². The Hall–Kier alpha value is -2.65. The molecular weight excluding hydrogens is 430 g/mol. The topological polar surface area (TPSA) is 113 Å². The molecule has 3 unspecified atom stereocenters. The molecule has 2 fully saturated rings. The number of nitrogens with one attached hydrogen (secondary N) is 1. The molecule has 0 bridgehead atoms. The van der Waals surface area contributed by atoms with Crippen LogP contribution in [0, 0.1) is 29.9 Å². The largest absolute Gasteiger partial charge is 0.393 e. The smallest absolute Gasteiger partial charge is 0.293 e. The van der Waals surface area contributed by atoms with E-state index in [4.69, 9.17) is 0 Å². The van der Waals surface area contributed by atoms with Gasteiger partial charge in [0.2, 0.25) is 0 Å². The lowest BCUT2D eigenvalue weighted by molar-refractivity contribution is -0.384. The first-order chi connectivity index (χ1) is 15.2. The molecule has 172 valence electrons. The normalized spacial score (nSPS) is 23.5. The number of hydrogen-bond acceptors (Lipinski definition) is 6. The SMILES string of the molecule is Cc1ccc(NS(=O)(=O)c2ccc(N3CCC(O)C4CCCCC43)c([N+](=O)[O-])c2)c(C)c1. The van der Waals surface area contributed by atoms with E-state index in [1.54, 1.807) is 6.07 Å². The molecule has 3 atom stereocenters. The fraction of sp³-hybridized carbons (Fsp3) is 0.478. The van der Waals surface area contributed by atoms with Gasteiger partial charge in [-0.05, 0) is 56.9 Å². The average molecular weight is 460 g/mol. The van der Waals surface area contributed by atoms with Crippen LogP contribution in [0.5, 0.6) is 0 Å². The Morgan fingerprint density at radius 2 is 1.84 bits per heavy atom. The fourth-order valence-electron chi connectivity index (χ4n) is 5.12. The molecule has 8 nitrogen and oxygen atoms in total. The summed E-state index contributed by atoms with van der Waals surface area (Å²) in [6, 6.07) is 9.50. The minimum Gasteiger partial charge on any atom is -0.393 e. The van der Waals surface area contributed by atoms with Gasteiger partial charge in [-0.15, -0.1) is 0 Å². The zero-order valence-corrected chi connectivity index (χ0v) is 19.1. The van der Waals surface area contributed by atoms with E-state index in [2.05, 4.69) is 4.72 Å². The zero-order valence-electron chi connectivity index (χ0n) is 18.3. The molecule has 1 heterocycles. The highest BCUT2D eigenvalue weighted by Gasteiger charge is 2.40. The minimum absolute atomic E-state index is 0.0296. The Labute approximate surface area is 188 Å². The van der Waals surface area contributed by atoms with Crippen LogP contribution in [0.3, 0.4) is 0 Å². The van der Waals surface area contributed by atoms with Gasteiger partial charge in [-0.2, -0.15) is 0 Å². The number of nitro groups is 1. The zero-order chi connectivity index (χ0) is 23.0. The van der Waals surface area contributed by atoms with E-state index in [0.717, 1.165) is 42.9 Å². The van der Waals surface area contributed by atoms with Crippen molar-refractivity contribution in [2.75, 3.05) is 16.2 Å². The van der Waals surface area contributed by atoms with E-state index in [0.29, 0.717) is 24.3 Å². The number of hydrogen-bond donors (Lipinski definition) is 2. The van der Waals surface area contributed by atoms with Crippen molar-refractivity contribution in [3.8, 4) is 0 Å². The third kappa shape index (κ3) is 4.31. The average Bonchev–Trinajstić information content (AvgIpc) is 2.76. The summed E-state index contributed by atoms with van der Waals surface area (Å²) in [5.74, 6) is 0.0895. The van der Waals surface area contributed by atoms with Gasteiger partial charge in [0.1, 0.15) is 5.69 Å². The maximum Gasteiger partial charge on any atom is 0.293 e. The second-order valence-corrected chi connectivity index (χ2v) is 10.6. The van der Waals surface area contributed by atoms with Crippen LogP contribution in [-0.4, -0.2) is 37.1 Å². The summed E-state index contributed by atoms with van der Waals surface area (Å²) in [6.07, 6.45) is 4.00. The van der Waals surface area contributed by atoms with Crippen molar-refractivity contribution < 1.29 is 18.4 Å². The number of sulfonamides is 1. The predicted molar refractivity (Wildman–Crippen MR) is 124 cm³/mol. The number of benzene rings is 2. The van der Waals surface area contributed by atoms with E-state index in [-0.39, 0.29) is 22.5 Å². The van der Waals surface area contributed by atoms with Gasteiger partial charge in [-0.25, -0.2) is 8.42 Å².